The smallest absolute Gasteiger partial charge is 0.176 e. The molecule has 1 aromatic carbocycles. The van der Waals surface area contributed by atoms with E-state index < -0.39 is 11.5 Å². The number of hydrogen-bond acceptors (Lipinski definition) is 5. The van der Waals surface area contributed by atoms with Crippen molar-refractivity contribution in [1.29, 1.82) is 10.5 Å². The number of benzene rings is 1. The van der Waals surface area contributed by atoms with E-state index in [-0.39, 0.29) is 11.1 Å². The highest BCUT2D eigenvalue weighted by molar-refractivity contribution is 7.08. The first kappa shape index (κ1) is 12.7. The predicted octanol–water partition coefficient (Wildman–Crippen LogP) is 3.07. The summed E-state index contributed by atoms with van der Waals surface area (Å²) in [6.07, 6.45) is 3.32. The Bertz CT molecular complexity index is 719. The van der Waals surface area contributed by atoms with Gasteiger partial charge in [-0.2, -0.15) is 21.9 Å². The molecule has 1 aromatic heterocycles. The molecule has 0 bridgehead atoms. The molecule has 5 heteroatoms. The first-order valence-corrected chi connectivity index (χ1v) is 6.21. The van der Waals surface area contributed by atoms with Gasteiger partial charge in [0.05, 0.1) is 11.6 Å². The molecule has 2 N–H and O–H groups in total. The fourth-order valence-corrected chi connectivity index (χ4v) is 2.23. The summed E-state index contributed by atoms with van der Waals surface area (Å²) in [6.45, 7) is 0. The minimum absolute atomic E-state index is 0.108. The number of aromatic hydroxyl groups is 2. The molecule has 2 rings (SSSR count). The minimum atomic E-state index is -0.508. The number of phenols is 2. The standard InChI is InChI=1S/C14H8N2O2S/c15-6-10-5-13(17)14(18)12(7-16)11(10)2-1-9-3-4-19-8-9/h1-5,8,17-18H. The maximum Gasteiger partial charge on any atom is 0.176 e. The molecule has 0 radical (unpaired) electrons. The average Bonchev–Trinajstić information content (AvgIpc) is 2.92. The number of hydrogen-bond donors (Lipinski definition) is 2. The van der Waals surface area contributed by atoms with E-state index >= 15 is 0 Å². The number of nitrogens with zero attached hydrogens (tertiary/aromatic N) is 2. The monoisotopic (exact) mass is 268 g/mol. The minimum Gasteiger partial charge on any atom is -0.504 e. The lowest BCUT2D eigenvalue weighted by atomic mass is 9.99. The van der Waals surface area contributed by atoms with Crippen LogP contribution in [-0.2, 0) is 0 Å². The SMILES string of the molecule is N#Cc1cc(O)c(O)c(C#N)c1C=Cc1ccsc1. The number of thiophene rings is 1. The van der Waals surface area contributed by atoms with Crippen LogP contribution in [0.25, 0.3) is 12.2 Å². The van der Waals surface area contributed by atoms with Crippen molar-refractivity contribution >= 4 is 23.5 Å². The van der Waals surface area contributed by atoms with Gasteiger partial charge in [0.1, 0.15) is 11.6 Å². The Labute approximate surface area is 113 Å². The zero-order valence-corrected chi connectivity index (χ0v) is 10.5. The van der Waals surface area contributed by atoms with Crippen molar-refractivity contribution in [3.8, 4) is 23.6 Å². The van der Waals surface area contributed by atoms with E-state index in [1.807, 2.05) is 22.9 Å². The molecule has 4 nitrogen and oxygen atoms in total. The van der Waals surface area contributed by atoms with Gasteiger partial charge in [0.2, 0.25) is 0 Å². The largest absolute Gasteiger partial charge is 0.504 e. The topological polar surface area (TPSA) is 88.0 Å². The van der Waals surface area contributed by atoms with Crippen LogP contribution in [0.4, 0.5) is 0 Å². The van der Waals surface area contributed by atoms with E-state index in [4.69, 9.17) is 10.5 Å². The van der Waals surface area contributed by atoms with Crippen molar-refractivity contribution in [1.82, 2.24) is 0 Å². The molecule has 19 heavy (non-hydrogen) atoms. The third-order valence-corrected chi connectivity index (χ3v) is 3.24. The van der Waals surface area contributed by atoms with Crippen LogP contribution in [0, 0.1) is 22.7 Å². The van der Waals surface area contributed by atoms with Crippen LogP contribution in [0.1, 0.15) is 22.3 Å². The fraction of sp³-hybridized carbons (Fsp3) is 0. The normalized spacial score (nSPS) is 10.2. The van der Waals surface area contributed by atoms with Crippen LogP contribution in [-0.4, -0.2) is 10.2 Å². The molecule has 0 amide bonds. The molecule has 0 aliphatic carbocycles. The average molecular weight is 268 g/mol. The van der Waals surface area contributed by atoms with Gasteiger partial charge >= 0.3 is 0 Å². The molecule has 1 heterocycles. The summed E-state index contributed by atoms with van der Waals surface area (Å²) in [4.78, 5) is 0. The van der Waals surface area contributed by atoms with Gasteiger partial charge in [-0.3, -0.25) is 0 Å². The number of phenolic OH excluding ortho intramolecular Hbond substituents is 2. The van der Waals surface area contributed by atoms with Crippen LogP contribution >= 0.6 is 11.3 Å². The van der Waals surface area contributed by atoms with Crippen LogP contribution in [0.3, 0.4) is 0 Å². The summed E-state index contributed by atoms with van der Waals surface area (Å²) in [7, 11) is 0. The summed E-state index contributed by atoms with van der Waals surface area (Å²) in [6, 6.07) is 6.73. The fourth-order valence-electron chi connectivity index (χ4n) is 1.60. The van der Waals surface area contributed by atoms with E-state index in [9.17, 15) is 10.2 Å². The van der Waals surface area contributed by atoms with Gasteiger partial charge < -0.3 is 10.2 Å². The van der Waals surface area contributed by atoms with Crippen molar-refractivity contribution in [2.45, 2.75) is 0 Å². The lowest BCUT2D eigenvalue weighted by molar-refractivity contribution is 0.402. The predicted molar refractivity (Wildman–Crippen MR) is 72.4 cm³/mol. The summed E-state index contributed by atoms with van der Waals surface area (Å²) in [5.41, 5.74) is 1.26. The van der Waals surface area contributed by atoms with E-state index in [2.05, 4.69) is 0 Å². The van der Waals surface area contributed by atoms with Gasteiger partial charge in [0.25, 0.3) is 0 Å². The molecule has 0 saturated carbocycles. The molecule has 0 unspecified atom stereocenters. The summed E-state index contributed by atoms with van der Waals surface area (Å²) in [5, 5.41) is 41.0. The molecule has 0 atom stereocenters. The maximum atomic E-state index is 9.64. The second-order valence-electron chi connectivity index (χ2n) is 3.69. The van der Waals surface area contributed by atoms with Crippen molar-refractivity contribution in [2.75, 3.05) is 0 Å². The van der Waals surface area contributed by atoms with Gasteiger partial charge in [-0.05, 0) is 22.4 Å². The zero-order chi connectivity index (χ0) is 13.8. The van der Waals surface area contributed by atoms with E-state index in [1.165, 1.54) is 11.3 Å². The summed E-state index contributed by atoms with van der Waals surface area (Å²) in [5.74, 6) is -0.979. The first-order chi connectivity index (χ1) is 9.17. The highest BCUT2D eigenvalue weighted by atomic mass is 32.1. The van der Waals surface area contributed by atoms with Gasteiger partial charge in [-0.25, -0.2) is 0 Å². The molecule has 0 aliphatic rings. The van der Waals surface area contributed by atoms with Crippen LogP contribution in [0.2, 0.25) is 0 Å². The molecule has 2 aromatic rings. The molecular weight excluding hydrogens is 260 g/mol. The molecule has 0 saturated heterocycles. The van der Waals surface area contributed by atoms with Crippen LogP contribution in [0.15, 0.2) is 22.9 Å². The third kappa shape index (κ3) is 2.42. The Kier molecular flexibility index (Phi) is 3.51. The maximum absolute atomic E-state index is 9.64. The summed E-state index contributed by atoms with van der Waals surface area (Å²) >= 11 is 1.53. The highest BCUT2D eigenvalue weighted by Crippen LogP contribution is 2.34. The Morgan fingerprint density at radius 3 is 2.53 bits per heavy atom. The lowest BCUT2D eigenvalue weighted by Gasteiger charge is -2.05. The second kappa shape index (κ2) is 5.26. The quantitative estimate of drug-likeness (QED) is 0.819. The van der Waals surface area contributed by atoms with Crippen LogP contribution < -0.4 is 0 Å². The Morgan fingerprint density at radius 1 is 1.16 bits per heavy atom. The molecule has 92 valence electrons. The van der Waals surface area contributed by atoms with Gasteiger partial charge in [0.15, 0.2) is 11.5 Å². The Hall–Kier alpha value is -2.76. The number of rotatable bonds is 2. The number of nitriles is 2. The molecule has 0 aliphatic heterocycles. The molecule has 0 spiro atoms. The summed E-state index contributed by atoms with van der Waals surface area (Å²) < 4.78 is 0. The third-order valence-electron chi connectivity index (χ3n) is 2.54. The Morgan fingerprint density at radius 2 is 1.95 bits per heavy atom. The van der Waals surface area contributed by atoms with Gasteiger partial charge in [0, 0.05) is 11.6 Å². The molecule has 0 fully saturated rings. The van der Waals surface area contributed by atoms with E-state index in [0.717, 1.165) is 11.6 Å². The van der Waals surface area contributed by atoms with Crippen molar-refractivity contribution in [3.05, 3.63) is 45.1 Å². The van der Waals surface area contributed by atoms with E-state index in [1.54, 1.807) is 18.2 Å². The first-order valence-electron chi connectivity index (χ1n) is 5.26. The van der Waals surface area contributed by atoms with E-state index in [0.29, 0.717) is 5.56 Å². The molecular formula is C14H8N2O2S. The van der Waals surface area contributed by atoms with Gasteiger partial charge in [-0.1, -0.05) is 12.2 Å². The lowest BCUT2D eigenvalue weighted by Crippen LogP contribution is -1.90. The van der Waals surface area contributed by atoms with Gasteiger partial charge in [-0.15, -0.1) is 0 Å². The second-order valence-corrected chi connectivity index (χ2v) is 4.47. The van der Waals surface area contributed by atoms with Crippen molar-refractivity contribution in [3.63, 3.8) is 0 Å². The zero-order valence-electron chi connectivity index (χ0n) is 9.66. The highest BCUT2D eigenvalue weighted by Gasteiger charge is 2.15. The van der Waals surface area contributed by atoms with Crippen molar-refractivity contribution in [2.24, 2.45) is 0 Å². The van der Waals surface area contributed by atoms with Crippen molar-refractivity contribution < 1.29 is 10.2 Å². The van der Waals surface area contributed by atoms with Crippen LogP contribution in [0.5, 0.6) is 11.5 Å². The Balaban J connectivity index is 2.59.